The Morgan fingerprint density at radius 3 is 2.50 bits per heavy atom. The monoisotopic (exact) mass is 413 g/mol. The van der Waals surface area contributed by atoms with E-state index in [4.69, 9.17) is 18.0 Å². The van der Waals surface area contributed by atoms with Crippen molar-refractivity contribution in [1.29, 1.82) is 0 Å². The van der Waals surface area contributed by atoms with Gasteiger partial charge in [-0.25, -0.2) is 0 Å². The van der Waals surface area contributed by atoms with Crippen molar-refractivity contribution >= 4 is 22.5 Å². The van der Waals surface area contributed by atoms with Gasteiger partial charge in [0.15, 0.2) is 0 Å². The zero-order valence-electron chi connectivity index (χ0n) is 16.3. The first-order chi connectivity index (χ1) is 14.7. The first-order valence-electron chi connectivity index (χ1n) is 9.61. The summed E-state index contributed by atoms with van der Waals surface area (Å²) in [6.07, 6.45) is 9.06. The van der Waals surface area contributed by atoms with Crippen LogP contribution in [0.25, 0.3) is 10.9 Å². The van der Waals surface area contributed by atoms with Gasteiger partial charge in [-0.3, -0.25) is 14.3 Å². The predicted molar refractivity (Wildman–Crippen MR) is 121 cm³/mol. The van der Waals surface area contributed by atoms with Crippen LogP contribution in [-0.2, 0) is 13.1 Å². The highest BCUT2D eigenvalue weighted by Crippen LogP contribution is 2.23. The molecule has 5 heteroatoms. The third-order valence-corrected chi connectivity index (χ3v) is 5.29. The molecule has 0 fully saturated rings. The van der Waals surface area contributed by atoms with Crippen LogP contribution in [0.3, 0.4) is 0 Å². The van der Waals surface area contributed by atoms with E-state index in [1.165, 1.54) is 0 Å². The fourth-order valence-corrected chi connectivity index (χ4v) is 3.79. The minimum Gasteiger partial charge on any atom is -0.302 e. The minimum absolute atomic E-state index is 0.0735. The highest BCUT2D eigenvalue weighted by atomic mass is 35.5. The van der Waals surface area contributed by atoms with Crippen molar-refractivity contribution in [3.8, 4) is 12.3 Å². The van der Waals surface area contributed by atoms with E-state index >= 15 is 0 Å². The van der Waals surface area contributed by atoms with Gasteiger partial charge in [0.2, 0.25) is 0 Å². The van der Waals surface area contributed by atoms with Crippen molar-refractivity contribution in [2.24, 2.45) is 0 Å². The Kier molecular flexibility index (Phi) is 5.94. The molecule has 0 bridgehead atoms. The minimum atomic E-state index is -0.114. The van der Waals surface area contributed by atoms with Gasteiger partial charge in [-0.2, -0.15) is 0 Å². The summed E-state index contributed by atoms with van der Waals surface area (Å²) in [5.74, 6) is 2.57. The highest BCUT2D eigenvalue weighted by Gasteiger charge is 2.15. The summed E-state index contributed by atoms with van der Waals surface area (Å²) in [5.41, 5.74) is 3.46. The van der Waals surface area contributed by atoms with Crippen molar-refractivity contribution in [1.82, 2.24) is 14.9 Å². The van der Waals surface area contributed by atoms with E-state index in [9.17, 15) is 4.79 Å². The van der Waals surface area contributed by atoms with E-state index in [0.717, 1.165) is 22.0 Å². The molecule has 2 aromatic heterocycles. The van der Waals surface area contributed by atoms with E-state index in [1.807, 2.05) is 48.5 Å². The van der Waals surface area contributed by atoms with Gasteiger partial charge in [-0.15, -0.1) is 6.42 Å². The maximum atomic E-state index is 13.1. The van der Waals surface area contributed by atoms with Crippen molar-refractivity contribution in [2.75, 3.05) is 0 Å². The van der Waals surface area contributed by atoms with Crippen LogP contribution in [0.4, 0.5) is 0 Å². The smallest absolute Gasteiger partial charge is 0.256 e. The maximum Gasteiger partial charge on any atom is 0.256 e. The number of hydrogen-bond acceptors (Lipinski definition) is 3. The van der Waals surface area contributed by atoms with E-state index in [2.05, 4.69) is 28.4 Å². The Morgan fingerprint density at radius 1 is 1.03 bits per heavy atom. The Labute approximate surface area is 180 Å². The third-order valence-electron chi connectivity index (χ3n) is 5.05. The summed E-state index contributed by atoms with van der Waals surface area (Å²) in [6, 6.07) is 21.4. The summed E-state index contributed by atoms with van der Waals surface area (Å²) < 4.78 is 1.60. The Morgan fingerprint density at radius 2 is 1.77 bits per heavy atom. The average Bonchev–Trinajstić information content (AvgIpc) is 2.78. The van der Waals surface area contributed by atoms with Gasteiger partial charge in [0.1, 0.15) is 0 Å². The number of nitrogens with one attached hydrogen (secondary N) is 1. The largest absolute Gasteiger partial charge is 0.302 e. The molecule has 2 heterocycles. The Hall–Kier alpha value is -3.39. The lowest BCUT2D eigenvalue weighted by atomic mass is 9.99. The van der Waals surface area contributed by atoms with Crippen LogP contribution in [0, 0.1) is 12.3 Å². The van der Waals surface area contributed by atoms with Crippen LogP contribution in [0.5, 0.6) is 0 Å². The predicted octanol–water partition coefficient (Wildman–Crippen LogP) is 4.56. The second kappa shape index (κ2) is 8.96. The molecule has 0 amide bonds. The number of nitrogens with zero attached hydrogens (tertiary/aromatic N) is 2. The Bertz CT molecular complexity index is 1220. The molecule has 148 valence electrons. The van der Waals surface area contributed by atoms with E-state index < -0.39 is 0 Å². The summed E-state index contributed by atoms with van der Waals surface area (Å²) in [4.78, 5) is 17.3. The molecule has 0 aliphatic heterocycles. The molecule has 0 saturated heterocycles. The molecule has 1 N–H and O–H groups in total. The first kappa shape index (κ1) is 19.9. The quantitative estimate of drug-likeness (QED) is 0.471. The summed E-state index contributed by atoms with van der Waals surface area (Å²) in [7, 11) is 0. The highest BCUT2D eigenvalue weighted by molar-refractivity contribution is 6.31. The zero-order valence-corrected chi connectivity index (χ0v) is 17.0. The van der Waals surface area contributed by atoms with Crippen molar-refractivity contribution in [3.63, 3.8) is 0 Å². The van der Waals surface area contributed by atoms with Crippen LogP contribution < -0.4 is 10.9 Å². The topological polar surface area (TPSA) is 46.9 Å². The fraction of sp³-hybridized carbons (Fsp3) is 0.120. The van der Waals surface area contributed by atoms with Gasteiger partial charge in [0, 0.05) is 29.5 Å². The molecular formula is C25H20ClN3O. The van der Waals surface area contributed by atoms with Crippen molar-refractivity contribution < 1.29 is 0 Å². The summed E-state index contributed by atoms with van der Waals surface area (Å²) in [5, 5.41) is 5.03. The van der Waals surface area contributed by atoms with Crippen LogP contribution in [0.1, 0.15) is 22.7 Å². The van der Waals surface area contributed by atoms with Crippen molar-refractivity contribution in [3.05, 3.63) is 111 Å². The second-order valence-corrected chi connectivity index (χ2v) is 7.41. The van der Waals surface area contributed by atoms with Crippen LogP contribution >= 0.6 is 11.6 Å². The van der Waals surface area contributed by atoms with E-state index in [0.29, 0.717) is 17.1 Å². The normalized spacial score (nSPS) is 11.9. The van der Waals surface area contributed by atoms with Gasteiger partial charge >= 0.3 is 0 Å². The molecule has 1 atom stereocenters. The molecular weight excluding hydrogens is 394 g/mol. The zero-order chi connectivity index (χ0) is 20.9. The molecule has 0 aliphatic rings. The first-order valence-corrected chi connectivity index (χ1v) is 9.99. The number of pyridine rings is 2. The lowest BCUT2D eigenvalue weighted by Gasteiger charge is -2.20. The average molecular weight is 414 g/mol. The second-order valence-electron chi connectivity index (χ2n) is 6.97. The molecule has 4 nitrogen and oxygen atoms in total. The number of rotatable bonds is 6. The Balaban J connectivity index is 1.72. The van der Waals surface area contributed by atoms with Crippen LogP contribution in [0.15, 0.2) is 83.9 Å². The number of hydrogen-bond donors (Lipinski definition) is 1. The third kappa shape index (κ3) is 4.13. The number of aromatic nitrogens is 2. The standard InChI is InChI=1S/C25H20ClN3O/c1-2-14-29-23-16-22(26)9-8-20(23)15-21(25(29)30)17-28-24(18-6-4-3-5-7-18)19-10-12-27-13-11-19/h1,3-13,15-16,24,28H,14,17H2. The van der Waals surface area contributed by atoms with E-state index in [1.54, 1.807) is 23.0 Å². The van der Waals surface area contributed by atoms with Gasteiger partial charge in [0.25, 0.3) is 5.56 Å². The number of halogens is 1. The molecule has 30 heavy (non-hydrogen) atoms. The van der Waals surface area contributed by atoms with Crippen molar-refractivity contribution in [2.45, 2.75) is 19.1 Å². The number of fused-ring (bicyclic) bond motifs is 1. The molecule has 0 spiro atoms. The van der Waals surface area contributed by atoms with Crippen LogP contribution in [-0.4, -0.2) is 9.55 Å². The van der Waals surface area contributed by atoms with Crippen LogP contribution in [0.2, 0.25) is 5.02 Å². The number of benzene rings is 2. The molecule has 4 aromatic rings. The molecule has 0 aliphatic carbocycles. The molecule has 4 rings (SSSR count). The molecule has 0 saturated carbocycles. The molecule has 1 unspecified atom stereocenters. The fourth-order valence-electron chi connectivity index (χ4n) is 3.62. The van der Waals surface area contributed by atoms with Gasteiger partial charge in [0.05, 0.1) is 18.1 Å². The maximum absolute atomic E-state index is 13.1. The SMILES string of the molecule is C#CCn1c(=O)c(CNC(c2ccccc2)c2ccncc2)cc2ccc(Cl)cc21. The summed E-state index contributed by atoms with van der Waals surface area (Å²) >= 11 is 6.14. The van der Waals surface area contributed by atoms with Gasteiger partial charge < -0.3 is 5.32 Å². The summed E-state index contributed by atoms with van der Waals surface area (Å²) in [6.45, 7) is 0.583. The molecule has 0 radical (unpaired) electrons. The van der Waals surface area contributed by atoms with Gasteiger partial charge in [-0.1, -0.05) is 53.9 Å². The van der Waals surface area contributed by atoms with Gasteiger partial charge in [-0.05, 0) is 46.8 Å². The molecule has 2 aromatic carbocycles. The number of terminal acetylenes is 1. The lowest BCUT2D eigenvalue weighted by Crippen LogP contribution is -2.29. The lowest BCUT2D eigenvalue weighted by molar-refractivity contribution is 0.598. The van der Waals surface area contributed by atoms with E-state index in [-0.39, 0.29) is 18.1 Å².